The zero-order valence-electron chi connectivity index (χ0n) is 16.1. The number of aliphatic hydroxyl groups excluding tert-OH is 1. The van der Waals surface area contributed by atoms with Gasteiger partial charge in [0.2, 0.25) is 0 Å². The van der Waals surface area contributed by atoms with E-state index in [1.54, 1.807) is 11.6 Å². The molecule has 0 fully saturated rings. The Balaban J connectivity index is 1.65. The molecule has 3 N–H and O–H groups in total. The van der Waals surface area contributed by atoms with Gasteiger partial charge in [0.05, 0.1) is 6.61 Å². The summed E-state index contributed by atoms with van der Waals surface area (Å²) in [4.78, 5) is 13.5. The lowest BCUT2D eigenvalue weighted by Gasteiger charge is -2.29. The van der Waals surface area contributed by atoms with Crippen LogP contribution < -0.4 is 5.48 Å². The Labute approximate surface area is 166 Å². The predicted molar refractivity (Wildman–Crippen MR) is 110 cm³/mol. The number of hydroxylamine groups is 1. The number of fused-ring (bicyclic) bond motifs is 1. The Hall–Kier alpha value is -2.47. The minimum absolute atomic E-state index is 0.161. The molecule has 2 aromatic rings. The molecule has 0 saturated carbocycles. The average molecular weight is 380 g/mol. The average Bonchev–Trinajstić information content (AvgIpc) is 3.15. The van der Waals surface area contributed by atoms with Gasteiger partial charge in [-0.25, -0.2) is 5.48 Å². The van der Waals surface area contributed by atoms with E-state index in [1.807, 2.05) is 12.1 Å². The van der Waals surface area contributed by atoms with Crippen molar-refractivity contribution in [2.24, 2.45) is 0 Å². The van der Waals surface area contributed by atoms with Crippen molar-refractivity contribution in [2.45, 2.75) is 31.7 Å². The highest BCUT2D eigenvalue weighted by atomic mass is 16.5. The van der Waals surface area contributed by atoms with Gasteiger partial charge in [0, 0.05) is 18.7 Å². The molecule has 1 unspecified atom stereocenters. The molecule has 5 heteroatoms. The Bertz CT molecular complexity index is 805. The summed E-state index contributed by atoms with van der Waals surface area (Å²) in [6.07, 6.45) is 7.16. The standard InChI is InChI=1S/C23H28N2O3/c26-16-15-25(14-4-7-18-5-2-1-3-6-18)22-12-10-20-17-19(8-11-21(20)22)9-13-23(27)24-28/h1-3,5-6,8-9,11,13,17,22,26,28H,4,7,10,12,14-16H2,(H,24,27)/b13-9+. The molecule has 1 aliphatic carbocycles. The lowest BCUT2D eigenvalue weighted by molar-refractivity contribution is -0.124. The third-order valence-corrected chi connectivity index (χ3v) is 5.33. The molecule has 0 saturated heterocycles. The van der Waals surface area contributed by atoms with Crippen LogP contribution >= 0.6 is 0 Å². The number of carbonyl (C=O) groups excluding carboxylic acids is 1. The fourth-order valence-electron chi connectivity index (χ4n) is 3.99. The van der Waals surface area contributed by atoms with Gasteiger partial charge in [-0.05, 0) is 60.6 Å². The molecule has 28 heavy (non-hydrogen) atoms. The normalized spacial score (nSPS) is 15.9. The molecular formula is C23H28N2O3. The number of hydrogen-bond acceptors (Lipinski definition) is 4. The summed E-state index contributed by atoms with van der Waals surface area (Å²) in [5.74, 6) is -0.536. The van der Waals surface area contributed by atoms with Gasteiger partial charge in [-0.15, -0.1) is 0 Å². The minimum atomic E-state index is -0.536. The number of hydrogen-bond donors (Lipinski definition) is 3. The Morgan fingerprint density at radius 3 is 2.75 bits per heavy atom. The monoisotopic (exact) mass is 380 g/mol. The number of aryl methyl sites for hydroxylation is 2. The van der Waals surface area contributed by atoms with E-state index in [2.05, 4.69) is 41.3 Å². The number of carbonyl (C=O) groups is 1. The summed E-state index contributed by atoms with van der Waals surface area (Å²) in [5, 5.41) is 18.1. The Kier molecular flexibility index (Phi) is 7.37. The number of rotatable bonds is 9. The first-order valence-electron chi connectivity index (χ1n) is 9.85. The van der Waals surface area contributed by atoms with Crippen LogP contribution in [0.25, 0.3) is 6.08 Å². The maximum absolute atomic E-state index is 11.2. The fraction of sp³-hybridized carbons (Fsp3) is 0.348. The Morgan fingerprint density at radius 2 is 2.00 bits per heavy atom. The van der Waals surface area contributed by atoms with E-state index in [-0.39, 0.29) is 6.61 Å². The third-order valence-electron chi connectivity index (χ3n) is 5.33. The molecule has 0 radical (unpaired) electrons. The van der Waals surface area contributed by atoms with Crippen molar-refractivity contribution in [3.8, 4) is 0 Å². The molecule has 148 valence electrons. The Morgan fingerprint density at radius 1 is 1.18 bits per heavy atom. The van der Waals surface area contributed by atoms with Crippen LogP contribution in [0.5, 0.6) is 0 Å². The van der Waals surface area contributed by atoms with E-state index in [9.17, 15) is 9.90 Å². The minimum Gasteiger partial charge on any atom is -0.395 e. The first-order chi connectivity index (χ1) is 13.7. The molecule has 0 aliphatic heterocycles. The first kappa shape index (κ1) is 20.3. The summed E-state index contributed by atoms with van der Waals surface area (Å²) in [6.45, 7) is 1.80. The van der Waals surface area contributed by atoms with E-state index >= 15 is 0 Å². The van der Waals surface area contributed by atoms with Crippen LogP contribution in [0, 0.1) is 0 Å². The van der Waals surface area contributed by atoms with Gasteiger partial charge in [0.25, 0.3) is 5.91 Å². The van der Waals surface area contributed by atoms with Gasteiger partial charge in [-0.3, -0.25) is 14.9 Å². The van der Waals surface area contributed by atoms with Gasteiger partial charge < -0.3 is 5.11 Å². The maximum atomic E-state index is 11.2. The molecule has 2 aromatic carbocycles. The van der Waals surface area contributed by atoms with E-state index in [1.165, 1.54) is 22.8 Å². The topological polar surface area (TPSA) is 72.8 Å². The van der Waals surface area contributed by atoms with Crippen molar-refractivity contribution < 1.29 is 15.1 Å². The van der Waals surface area contributed by atoms with Gasteiger partial charge in [-0.2, -0.15) is 0 Å². The zero-order valence-corrected chi connectivity index (χ0v) is 16.1. The second-order valence-electron chi connectivity index (χ2n) is 7.17. The van der Waals surface area contributed by atoms with Gasteiger partial charge >= 0.3 is 0 Å². The van der Waals surface area contributed by atoms with Crippen LogP contribution in [0.15, 0.2) is 54.6 Å². The molecule has 5 nitrogen and oxygen atoms in total. The number of nitrogens with one attached hydrogen (secondary N) is 1. The highest BCUT2D eigenvalue weighted by Gasteiger charge is 2.27. The molecule has 1 aliphatic rings. The second kappa shape index (κ2) is 10.2. The smallest absolute Gasteiger partial charge is 0.267 e. The first-order valence-corrected chi connectivity index (χ1v) is 9.85. The van der Waals surface area contributed by atoms with Crippen molar-refractivity contribution in [1.82, 2.24) is 10.4 Å². The summed E-state index contributed by atoms with van der Waals surface area (Å²) in [5.41, 5.74) is 6.50. The highest BCUT2D eigenvalue weighted by Crippen LogP contribution is 2.36. The highest BCUT2D eigenvalue weighted by molar-refractivity contribution is 5.90. The van der Waals surface area contributed by atoms with Crippen LogP contribution in [-0.2, 0) is 17.6 Å². The van der Waals surface area contributed by atoms with Crippen molar-refractivity contribution in [1.29, 1.82) is 0 Å². The van der Waals surface area contributed by atoms with Crippen molar-refractivity contribution >= 4 is 12.0 Å². The molecule has 0 aromatic heterocycles. The van der Waals surface area contributed by atoms with E-state index in [4.69, 9.17) is 5.21 Å². The summed E-state index contributed by atoms with van der Waals surface area (Å²) >= 11 is 0. The fourth-order valence-corrected chi connectivity index (χ4v) is 3.99. The number of amides is 1. The zero-order chi connectivity index (χ0) is 19.8. The van der Waals surface area contributed by atoms with Gasteiger partial charge in [0.1, 0.15) is 0 Å². The largest absolute Gasteiger partial charge is 0.395 e. The van der Waals surface area contributed by atoms with Gasteiger partial charge in [-0.1, -0.05) is 48.5 Å². The van der Waals surface area contributed by atoms with Crippen LogP contribution in [0.3, 0.4) is 0 Å². The van der Waals surface area contributed by atoms with Crippen LogP contribution in [-0.4, -0.2) is 40.8 Å². The van der Waals surface area contributed by atoms with E-state index in [0.717, 1.165) is 37.8 Å². The molecule has 0 heterocycles. The maximum Gasteiger partial charge on any atom is 0.267 e. The molecule has 0 bridgehead atoms. The van der Waals surface area contributed by atoms with Crippen LogP contribution in [0.1, 0.15) is 41.1 Å². The summed E-state index contributed by atoms with van der Waals surface area (Å²) < 4.78 is 0. The molecule has 1 amide bonds. The third kappa shape index (κ3) is 5.29. The van der Waals surface area contributed by atoms with Crippen LogP contribution in [0.2, 0.25) is 0 Å². The number of aliphatic hydroxyl groups is 1. The van der Waals surface area contributed by atoms with E-state index in [0.29, 0.717) is 12.6 Å². The molecule has 1 atom stereocenters. The SMILES string of the molecule is O=C(/C=C/c1ccc2c(c1)CCC2N(CCO)CCCc1ccccc1)NO. The summed E-state index contributed by atoms with van der Waals surface area (Å²) in [6, 6.07) is 17.1. The summed E-state index contributed by atoms with van der Waals surface area (Å²) in [7, 11) is 0. The van der Waals surface area contributed by atoms with Crippen LogP contribution in [0.4, 0.5) is 0 Å². The van der Waals surface area contributed by atoms with Crippen molar-refractivity contribution in [3.63, 3.8) is 0 Å². The quantitative estimate of drug-likeness (QED) is 0.355. The lowest BCUT2D eigenvalue weighted by atomic mass is 10.0. The molecular weight excluding hydrogens is 352 g/mol. The second-order valence-corrected chi connectivity index (χ2v) is 7.17. The van der Waals surface area contributed by atoms with Crippen molar-refractivity contribution in [3.05, 3.63) is 76.9 Å². The van der Waals surface area contributed by atoms with Crippen molar-refractivity contribution in [2.75, 3.05) is 19.7 Å². The van der Waals surface area contributed by atoms with Gasteiger partial charge in [0.15, 0.2) is 0 Å². The number of benzene rings is 2. The predicted octanol–water partition coefficient (Wildman–Crippen LogP) is 3.12. The molecule has 0 spiro atoms. The van der Waals surface area contributed by atoms with E-state index < -0.39 is 5.91 Å². The number of nitrogens with zero attached hydrogens (tertiary/aromatic N) is 1. The molecule has 3 rings (SSSR count). The lowest BCUT2D eigenvalue weighted by Crippen LogP contribution is -2.31.